The molecule has 2 N–H and O–H groups in total. The number of benzene rings is 8. The van der Waals surface area contributed by atoms with Gasteiger partial charge < -0.3 is 39.1 Å². The maximum atomic E-state index is 14.6. The fourth-order valence-corrected chi connectivity index (χ4v) is 8.51. The lowest BCUT2D eigenvalue weighted by atomic mass is 9.89. The number of carbonyl (C=O) groups excluding carboxylic acids is 2. The quantitative estimate of drug-likeness (QED) is 0.0690. The van der Waals surface area contributed by atoms with Crippen LogP contribution in [-0.4, -0.2) is 23.9 Å². The molecule has 0 heterocycles. The summed E-state index contributed by atoms with van der Waals surface area (Å²) in [6, 6.07) is 65.1. The van der Waals surface area contributed by atoms with Gasteiger partial charge in [0, 0.05) is 23.2 Å². The van der Waals surface area contributed by atoms with Crippen molar-refractivity contribution in [2.45, 2.75) is 77.4 Å². The minimum Gasteiger partial charge on any atom is -0.485 e. The van der Waals surface area contributed by atoms with Gasteiger partial charge in [0.25, 0.3) is 11.8 Å². The van der Waals surface area contributed by atoms with Crippen LogP contribution in [0.4, 0.5) is 0 Å². The van der Waals surface area contributed by atoms with Crippen LogP contribution >= 0.6 is 0 Å². The van der Waals surface area contributed by atoms with E-state index in [2.05, 4.69) is 10.6 Å². The zero-order chi connectivity index (χ0) is 49.2. The van der Waals surface area contributed by atoms with Gasteiger partial charge in [-0.2, -0.15) is 0 Å². The number of hydrogen-bond donors (Lipinski definition) is 2. The summed E-state index contributed by atoms with van der Waals surface area (Å²) < 4.78 is 38.9. The van der Waals surface area contributed by atoms with Crippen molar-refractivity contribution >= 4 is 11.8 Å². The predicted molar refractivity (Wildman–Crippen MR) is 279 cm³/mol. The lowest BCUT2D eigenvalue weighted by molar-refractivity contribution is 0.0861. The molecule has 0 radical (unpaired) electrons. The molecular formula is C62H58N2O8. The van der Waals surface area contributed by atoms with Crippen LogP contribution in [0, 0.1) is 0 Å². The first-order chi connectivity index (χ1) is 35.5. The second kappa shape index (κ2) is 24.9. The first-order valence-corrected chi connectivity index (χ1v) is 24.5. The highest BCUT2D eigenvalue weighted by Crippen LogP contribution is 2.42. The maximum Gasteiger partial charge on any atom is 0.251 e. The molecule has 0 aliphatic heterocycles. The first kappa shape index (κ1) is 48.5. The second-order valence-electron chi connectivity index (χ2n) is 17.7. The molecule has 2 atom stereocenters. The summed E-state index contributed by atoms with van der Waals surface area (Å²) in [5.41, 5.74) is 6.39. The summed E-state index contributed by atoms with van der Waals surface area (Å²) in [6.07, 6.45) is 3.07. The van der Waals surface area contributed by atoms with Crippen molar-refractivity contribution in [3.63, 3.8) is 0 Å². The Balaban J connectivity index is 0.990. The Kier molecular flexibility index (Phi) is 16.8. The molecule has 72 heavy (non-hydrogen) atoms. The zero-order valence-electron chi connectivity index (χ0n) is 40.1. The standard InChI is InChI=1S/C62H58N2O8/c65-61(51-35-55(67-39-45-21-7-1-8-22-45)59(71-43-49-29-15-5-16-30-49)56(36-51)68-40-46-23-9-2-10-24-46)63-53-33-19-20-34-54(53)64-62(66)52-37-57(69-41-47-25-11-3-12-26-47)60(72-44-50-31-17-6-18-32-50)58(38-52)70-42-48-27-13-4-14-28-48/h1-18,21-32,35-38,53-54H,19-20,33-34,39-44H2,(H,63,65)(H,64,66)/t53-,54-/m0/s1. The minimum absolute atomic E-state index is 0.237. The summed E-state index contributed by atoms with van der Waals surface area (Å²) in [5.74, 6) is 1.57. The Morgan fingerprint density at radius 2 is 0.556 bits per heavy atom. The number of hydrogen-bond acceptors (Lipinski definition) is 8. The SMILES string of the molecule is O=C(N[C@H]1CCCC[C@@H]1NC(=O)c1cc(OCc2ccccc2)c(OCc2ccccc2)c(OCc2ccccc2)c1)c1cc(OCc2ccccc2)c(OCc2ccccc2)c(OCc2ccccc2)c1. The minimum atomic E-state index is -0.386. The van der Waals surface area contributed by atoms with Crippen LogP contribution in [0.15, 0.2) is 206 Å². The van der Waals surface area contributed by atoms with Crippen LogP contribution in [-0.2, 0) is 39.6 Å². The molecule has 1 saturated carbocycles. The fourth-order valence-electron chi connectivity index (χ4n) is 8.51. The van der Waals surface area contributed by atoms with Crippen molar-refractivity contribution in [2.75, 3.05) is 0 Å². The van der Waals surface area contributed by atoms with E-state index in [0.29, 0.717) is 58.5 Å². The molecule has 1 aliphatic carbocycles. The maximum absolute atomic E-state index is 14.6. The molecule has 10 nitrogen and oxygen atoms in total. The number of carbonyl (C=O) groups is 2. The predicted octanol–water partition coefficient (Wildman–Crippen LogP) is 12.6. The summed E-state index contributed by atoms with van der Waals surface area (Å²) >= 11 is 0. The molecule has 10 heteroatoms. The second-order valence-corrected chi connectivity index (χ2v) is 17.7. The van der Waals surface area contributed by atoms with Crippen LogP contribution in [0.3, 0.4) is 0 Å². The van der Waals surface area contributed by atoms with E-state index in [9.17, 15) is 9.59 Å². The molecule has 8 aromatic rings. The molecule has 0 saturated heterocycles. The van der Waals surface area contributed by atoms with Gasteiger partial charge in [-0.3, -0.25) is 9.59 Å². The Morgan fingerprint density at radius 1 is 0.333 bits per heavy atom. The van der Waals surface area contributed by atoms with Gasteiger partial charge in [0.2, 0.25) is 11.5 Å². The highest BCUT2D eigenvalue weighted by Gasteiger charge is 2.31. The van der Waals surface area contributed by atoms with Crippen LogP contribution in [0.25, 0.3) is 0 Å². The van der Waals surface area contributed by atoms with E-state index in [1.54, 1.807) is 24.3 Å². The van der Waals surface area contributed by atoms with Gasteiger partial charge >= 0.3 is 0 Å². The van der Waals surface area contributed by atoms with Crippen LogP contribution < -0.4 is 39.1 Å². The third-order valence-corrected chi connectivity index (χ3v) is 12.4. The molecule has 0 unspecified atom stereocenters. The average molecular weight is 959 g/mol. The lowest BCUT2D eigenvalue weighted by Crippen LogP contribution is -2.53. The van der Waals surface area contributed by atoms with Crippen molar-refractivity contribution in [1.82, 2.24) is 10.6 Å². The van der Waals surface area contributed by atoms with Gasteiger partial charge in [-0.15, -0.1) is 0 Å². The van der Waals surface area contributed by atoms with E-state index >= 15 is 0 Å². The Morgan fingerprint density at radius 3 is 0.792 bits per heavy atom. The van der Waals surface area contributed by atoms with Crippen molar-refractivity contribution < 1.29 is 38.0 Å². The highest BCUT2D eigenvalue weighted by atomic mass is 16.5. The Bertz CT molecular complexity index is 2630. The monoisotopic (exact) mass is 958 g/mol. The van der Waals surface area contributed by atoms with Crippen molar-refractivity contribution in [3.8, 4) is 34.5 Å². The molecule has 0 bridgehead atoms. The van der Waals surface area contributed by atoms with Crippen LogP contribution in [0.5, 0.6) is 34.5 Å². The molecule has 364 valence electrons. The van der Waals surface area contributed by atoms with E-state index < -0.39 is 0 Å². The highest BCUT2D eigenvalue weighted by molar-refractivity contribution is 5.97. The Hall–Kier alpha value is -8.50. The van der Waals surface area contributed by atoms with Gasteiger partial charge in [-0.05, 0) is 70.5 Å². The van der Waals surface area contributed by atoms with E-state index in [-0.39, 0.29) is 63.5 Å². The topological polar surface area (TPSA) is 114 Å². The van der Waals surface area contributed by atoms with Gasteiger partial charge in [-0.25, -0.2) is 0 Å². The van der Waals surface area contributed by atoms with E-state index in [0.717, 1.165) is 46.2 Å². The molecule has 0 aromatic heterocycles. The molecule has 9 rings (SSSR count). The summed E-state index contributed by atoms with van der Waals surface area (Å²) in [5, 5.41) is 6.58. The summed E-state index contributed by atoms with van der Waals surface area (Å²) in [6.45, 7) is 1.45. The van der Waals surface area contributed by atoms with Gasteiger partial charge in [0.1, 0.15) is 39.6 Å². The summed E-state index contributed by atoms with van der Waals surface area (Å²) in [7, 11) is 0. The van der Waals surface area contributed by atoms with Crippen LogP contribution in [0.2, 0.25) is 0 Å². The fraction of sp³-hybridized carbons (Fsp3) is 0.194. The number of amides is 2. The van der Waals surface area contributed by atoms with Gasteiger partial charge in [0.15, 0.2) is 23.0 Å². The van der Waals surface area contributed by atoms with Gasteiger partial charge in [-0.1, -0.05) is 195 Å². The largest absolute Gasteiger partial charge is 0.485 e. The van der Waals surface area contributed by atoms with Crippen molar-refractivity contribution in [3.05, 3.63) is 251 Å². The molecule has 1 aliphatic rings. The summed E-state index contributed by atoms with van der Waals surface area (Å²) in [4.78, 5) is 29.2. The smallest absolute Gasteiger partial charge is 0.251 e. The van der Waals surface area contributed by atoms with Crippen LogP contribution in [0.1, 0.15) is 79.8 Å². The van der Waals surface area contributed by atoms with Crippen molar-refractivity contribution in [2.24, 2.45) is 0 Å². The molecule has 8 aromatic carbocycles. The van der Waals surface area contributed by atoms with E-state index in [4.69, 9.17) is 28.4 Å². The van der Waals surface area contributed by atoms with E-state index in [1.165, 1.54) is 0 Å². The average Bonchev–Trinajstić information content (AvgIpc) is 3.44. The third-order valence-electron chi connectivity index (χ3n) is 12.4. The Labute approximate surface area is 421 Å². The number of ether oxygens (including phenoxy) is 6. The van der Waals surface area contributed by atoms with Gasteiger partial charge in [0.05, 0.1) is 0 Å². The number of rotatable bonds is 22. The van der Waals surface area contributed by atoms with E-state index in [1.807, 2.05) is 182 Å². The molecular weight excluding hydrogens is 901 g/mol. The third kappa shape index (κ3) is 13.6. The molecule has 2 amide bonds. The normalized spacial score (nSPS) is 14.1. The first-order valence-electron chi connectivity index (χ1n) is 24.5. The zero-order valence-corrected chi connectivity index (χ0v) is 40.1. The lowest BCUT2D eigenvalue weighted by Gasteiger charge is -2.33. The van der Waals surface area contributed by atoms with Crippen molar-refractivity contribution in [1.29, 1.82) is 0 Å². The molecule has 0 spiro atoms. The molecule has 1 fully saturated rings. The number of nitrogens with one attached hydrogen (secondary N) is 2.